The van der Waals surface area contributed by atoms with Gasteiger partial charge in [0.1, 0.15) is 12.3 Å². The Balaban J connectivity index is 1.32. The smallest absolute Gasteiger partial charge is 0.241 e. The van der Waals surface area contributed by atoms with E-state index in [1.807, 2.05) is 32.0 Å². The van der Waals surface area contributed by atoms with Gasteiger partial charge >= 0.3 is 0 Å². The average Bonchev–Trinajstić information content (AvgIpc) is 2.85. The molecule has 0 radical (unpaired) electrons. The Hall–Kier alpha value is -2.54. The van der Waals surface area contributed by atoms with E-state index in [9.17, 15) is 13.2 Å². The third-order valence-corrected chi connectivity index (χ3v) is 10.7. The molecule has 6 rings (SSSR count). The quantitative estimate of drug-likeness (QED) is 0.400. The number of nitrogens with one attached hydrogen (secondary N) is 1. The maximum Gasteiger partial charge on any atom is 0.241 e. The van der Waals surface area contributed by atoms with E-state index in [4.69, 9.17) is 4.74 Å². The van der Waals surface area contributed by atoms with Gasteiger partial charge in [-0.3, -0.25) is 9.10 Å². The van der Waals surface area contributed by atoms with Gasteiger partial charge in [-0.1, -0.05) is 26.0 Å². The summed E-state index contributed by atoms with van der Waals surface area (Å²) in [6.45, 7) is 7.89. The minimum atomic E-state index is -3.65. The molecule has 6 nitrogen and oxygen atoms in total. The number of rotatable bonds is 9. The first kappa shape index (κ1) is 28.0. The highest BCUT2D eigenvalue weighted by atomic mass is 32.2. The van der Waals surface area contributed by atoms with Crippen molar-refractivity contribution < 1.29 is 17.9 Å². The molecule has 4 bridgehead atoms. The number of nitrogens with zero attached hydrogens (tertiary/aromatic N) is 1. The molecule has 2 aromatic rings. The lowest BCUT2D eigenvalue weighted by atomic mass is 9.48. The molecule has 39 heavy (non-hydrogen) atoms. The zero-order valence-corrected chi connectivity index (χ0v) is 25.1. The lowest BCUT2D eigenvalue weighted by molar-refractivity contribution is -0.120. The second-order valence-electron chi connectivity index (χ2n) is 12.9. The largest absolute Gasteiger partial charge is 0.496 e. The van der Waals surface area contributed by atoms with E-state index in [-0.39, 0.29) is 29.8 Å². The van der Waals surface area contributed by atoms with Gasteiger partial charge in [-0.05, 0) is 128 Å². The van der Waals surface area contributed by atoms with Crippen molar-refractivity contribution in [1.29, 1.82) is 0 Å². The van der Waals surface area contributed by atoms with Crippen LogP contribution < -0.4 is 14.4 Å². The first-order chi connectivity index (χ1) is 18.4. The third-order valence-electron chi connectivity index (χ3n) is 9.58. The number of carbonyl (C=O) groups is 1. The normalized spacial score (nSPS) is 26.5. The number of aryl methyl sites for hydroxylation is 1. The molecule has 4 fully saturated rings. The van der Waals surface area contributed by atoms with Crippen LogP contribution in [-0.2, 0) is 20.2 Å². The molecule has 0 aliphatic heterocycles. The first-order valence-corrected chi connectivity index (χ1v) is 16.3. The first-order valence-electron chi connectivity index (χ1n) is 14.4. The molecule has 1 atom stereocenters. The predicted octanol–water partition coefficient (Wildman–Crippen LogP) is 6.24. The van der Waals surface area contributed by atoms with E-state index in [0.29, 0.717) is 5.69 Å². The molecule has 4 aliphatic carbocycles. The van der Waals surface area contributed by atoms with Gasteiger partial charge in [0.25, 0.3) is 0 Å². The minimum absolute atomic E-state index is 0.251. The van der Waals surface area contributed by atoms with Crippen molar-refractivity contribution in [2.75, 3.05) is 24.2 Å². The summed E-state index contributed by atoms with van der Waals surface area (Å²) in [6, 6.07) is 11.8. The van der Waals surface area contributed by atoms with E-state index in [0.717, 1.165) is 40.2 Å². The second kappa shape index (κ2) is 10.5. The van der Waals surface area contributed by atoms with Gasteiger partial charge in [-0.25, -0.2) is 8.42 Å². The molecular weight excluding hydrogens is 508 g/mol. The SMILES string of the molecule is COc1cc(C)c([C@H](C)NC(=O)CN(c2ccc(C34CC5CC(CC(C5)C3)C4)cc2)S(C)(=O)=O)cc1C(C)C. The van der Waals surface area contributed by atoms with Crippen molar-refractivity contribution in [3.8, 4) is 5.75 Å². The van der Waals surface area contributed by atoms with Gasteiger partial charge in [0, 0.05) is 0 Å². The van der Waals surface area contributed by atoms with Gasteiger partial charge in [0.2, 0.25) is 15.9 Å². The second-order valence-corrected chi connectivity index (χ2v) is 14.8. The fourth-order valence-electron chi connectivity index (χ4n) is 8.15. The van der Waals surface area contributed by atoms with Crippen molar-refractivity contribution in [2.24, 2.45) is 17.8 Å². The van der Waals surface area contributed by atoms with E-state index in [2.05, 4.69) is 37.4 Å². The molecule has 4 aliphatic rings. The summed E-state index contributed by atoms with van der Waals surface area (Å²) in [5.74, 6) is 3.31. The zero-order valence-electron chi connectivity index (χ0n) is 24.3. The van der Waals surface area contributed by atoms with Crippen molar-refractivity contribution in [3.05, 3.63) is 58.7 Å². The fraction of sp³-hybridized carbons (Fsp3) is 0.594. The average molecular weight is 553 g/mol. The Bertz CT molecular complexity index is 1300. The third kappa shape index (κ3) is 5.57. The number of carbonyl (C=O) groups excluding carboxylic acids is 1. The summed E-state index contributed by atoms with van der Waals surface area (Å²) in [7, 11) is -1.98. The highest BCUT2D eigenvalue weighted by Crippen LogP contribution is 2.60. The van der Waals surface area contributed by atoms with Crippen molar-refractivity contribution >= 4 is 21.6 Å². The van der Waals surface area contributed by atoms with E-state index >= 15 is 0 Å². The number of benzene rings is 2. The van der Waals surface area contributed by atoms with Crippen LogP contribution in [0.25, 0.3) is 0 Å². The summed E-state index contributed by atoms with van der Waals surface area (Å²) in [5, 5.41) is 3.03. The summed E-state index contributed by atoms with van der Waals surface area (Å²) >= 11 is 0. The number of hydrogen-bond donors (Lipinski definition) is 1. The molecule has 1 N–H and O–H groups in total. The Kier molecular flexibility index (Phi) is 7.51. The van der Waals surface area contributed by atoms with E-state index in [1.165, 1.54) is 54.6 Å². The molecule has 0 unspecified atom stereocenters. The highest BCUT2D eigenvalue weighted by Gasteiger charge is 2.51. The molecule has 0 spiro atoms. The number of amides is 1. The Morgan fingerprint density at radius 3 is 2.05 bits per heavy atom. The molecule has 0 saturated heterocycles. The lowest BCUT2D eigenvalue weighted by Crippen LogP contribution is -2.48. The molecule has 0 heterocycles. The maximum atomic E-state index is 13.2. The van der Waals surface area contributed by atoms with Crippen LogP contribution in [0, 0.1) is 24.7 Å². The number of sulfonamides is 1. The predicted molar refractivity (Wildman–Crippen MR) is 157 cm³/mol. The van der Waals surface area contributed by atoms with E-state index < -0.39 is 10.0 Å². The van der Waals surface area contributed by atoms with Gasteiger partial charge in [0.15, 0.2) is 0 Å². The molecule has 212 valence electrons. The van der Waals surface area contributed by atoms with Gasteiger partial charge in [0.05, 0.1) is 25.1 Å². The lowest BCUT2D eigenvalue weighted by Gasteiger charge is -2.57. The molecular formula is C32H44N2O4S. The van der Waals surface area contributed by atoms with Crippen LogP contribution in [0.15, 0.2) is 36.4 Å². The summed E-state index contributed by atoms with van der Waals surface area (Å²) in [6.07, 6.45) is 9.12. The van der Waals surface area contributed by atoms with Gasteiger partial charge < -0.3 is 10.1 Å². The number of anilines is 1. The van der Waals surface area contributed by atoms with Crippen molar-refractivity contribution in [1.82, 2.24) is 5.32 Å². The standard InChI is InChI=1S/C32H44N2O4S/c1-20(2)28-15-29(21(3)11-30(28)38-5)22(4)33-31(35)19-34(39(6,36)37)27-9-7-26(8-10-27)32-16-23-12-24(17-32)14-25(13-23)18-32/h7-11,15,20,22-25H,12-14,16-19H2,1-6H3,(H,33,35)/t22-,23?,24?,25?,32?/m0/s1. The summed E-state index contributed by atoms with van der Waals surface area (Å²) in [4.78, 5) is 13.2. The van der Waals surface area contributed by atoms with Gasteiger partial charge in [-0.2, -0.15) is 0 Å². The van der Waals surface area contributed by atoms with Crippen LogP contribution >= 0.6 is 0 Å². The molecule has 1 amide bonds. The number of ether oxygens (including phenoxy) is 1. The summed E-state index contributed by atoms with van der Waals surface area (Å²) in [5.41, 5.74) is 5.23. The van der Waals surface area contributed by atoms with Crippen LogP contribution in [0.1, 0.15) is 93.5 Å². The molecule has 0 aromatic heterocycles. The Morgan fingerprint density at radius 2 is 1.56 bits per heavy atom. The van der Waals surface area contributed by atoms with Crippen LogP contribution in [0.2, 0.25) is 0 Å². The number of hydrogen-bond acceptors (Lipinski definition) is 4. The maximum absolute atomic E-state index is 13.2. The zero-order chi connectivity index (χ0) is 28.1. The summed E-state index contributed by atoms with van der Waals surface area (Å²) < 4.78 is 32.4. The van der Waals surface area contributed by atoms with Crippen LogP contribution in [0.3, 0.4) is 0 Å². The molecule has 2 aromatic carbocycles. The highest BCUT2D eigenvalue weighted by molar-refractivity contribution is 7.92. The molecule has 4 saturated carbocycles. The van der Waals surface area contributed by atoms with Crippen LogP contribution in [-0.4, -0.2) is 34.2 Å². The van der Waals surface area contributed by atoms with Crippen LogP contribution in [0.4, 0.5) is 5.69 Å². The monoisotopic (exact) mass is 552 g/mol. The van der Waals surface area contributed by atoms with Crippen LogP contribution in [0.5, 0.6) is 5.75 Å². The minimum Gasteiger partial charge on any atom is -0.496 e. The van der Waals surface area contributed by atoms with Gasteiger partial charge in [-0.15, -0.1) is 0 Å². The van der Waals surface area contributed by atoms with Crippen molar-refractivity contribution in [2.45, 2.75) is 83.6 Å². The topological polar surface area (TPSA) is 75.7 Å². The molecule has 7 heteroatoms. The fourth-order valence-corrected chi connectivity index (χ4v) is 9.01. The number of methoxy groups -OCH3 is 1. The van der Waals surface area contributed by atoms with Crippen molar-refractivity contribution in [3.63, 3.8) is 0 Å². The van der Waals surface area contributed by atoms with E-state index in [1.54, 1.807) is 7.11 Å². The Labute approximate surface area is 234 Å². The Morgan fingerprint density at radius 1 is 1.00 bits per heavy atom.